The quantitative estimate of drug-likeness (QED) is 0.657. The molecule has 1 aromatic heterocycles. The fourth-order valence-electron chi connectivity index (χ4n) is 4.98. The van der Waals surface area contributed by atoms with Gasteiger partial charge in [0.05, 0.1) is 42.9 Å². The summed E-state index contributed by atoms with van der Waals surface area (Å²) in [4.78, 5) is 11.4. The van der Waals surface area contributed by atoms with Crippen LogP contribution in [0, 0.1) is 12.8 Å². The Morgan fingerprint density at radius 2 is 2.13 bits per heavy atom. The van der Waals surface area contributed by atoms with E-state index in [4.69, 9.17) is 9.47 Å². The Morgan fingerprint density at radius 1 is 1.32 bits per heavy atom. The van der Waals surface area contributed by atoms with Gasteiger partial charge in [0.25, 0.3) is 0 Å². The first-order chi connectivity index (χ1) is 14.8. The largest absolute Gasteiger partial charge is 0.496 e. The van der Waals surface area contributed by atoms with Crippen LogP contribution in [0.25, 0.3) is 5.69 Å². The number of carboxylic acid groups (broad SMARTS) is 1. The number of ether oxygens (including phenoxy) is 2. The zero-order valence-electron chi connectivity index (χ0n) is 18.0. The predicted octanol–water partition coefficient (Wildman–Crippen LogP) is 4.34. The summed E-state index contributed by atoms with van der Waals surface area (Å²) in [6, 6.07) is 12.1. The summed E-state index contributed by atoms with van der Waals surface area (Å²) in [7, 11) is 1.69. The van der Waals surface area contributed by atoms with E-state index < -0.39 is 5.97 Å². The standard InChI is InChI=1S/C24H25N3O4/c1-13-15(23(28)29)11-25-27(13)14-8-9-18-16(10-14)24(2,3)17-12-31-20-7-5-6-19(30-4)21(20)22(17)26-18/h5-11,17,22,26H,12H2,1-4H3,(H,28,29)/t17-,22-/m0/s1. The van der Waals surface area contributed by atoms with Crippen LogP contribution in [0.5, 0.6) is 11.5 Å². The van der Waals surface area contributed by atoms with Crippen LogP contribution in [0.2, 0.25) is 0 Å². The maximum absolute atomic E-state index is 11.4. The summed E-state index contributed by atoms with van der Waals surface area (Å²) in [6.45, 7) is 6.83. The van der Waals surface area contributed by atoms with Crippen molar-refractivity contribution in [1.82, 2.24) is 9.78 Å². The molecule has 160 valence electrons. The minimum atomic E-state index is -0.974. The lowest BCUT2D eigenvalue weighted by atomic mass is 9.65. The summed E-state index contributed by atoms with van der Waals surface area (Å²) in [6.07, 6.45) is 1.40. The van der Waals surface area contributed by atoms with Crippen LogP contribution in [-0.2, 0) is 5.41 Å². The van der Waals surface area contributed by atoms with Crippen molar-refractivity contribution in [3.8, 4) is 17.2 Å². The van der Waals surface area contributed by atoms with Crippen molar-refractivity contribution in [2.75, 3.05) is 19.0 Å². The molecule has 7 heteroatoms. The van der Waals surface area contributed by atoms with Crippen molar-refractivity contribution in [2.45, 2.75) is 32.2 Å². The summed E-state index contributed by atoms with van der Waals surface area (Å²) in [5.41, 5.74) is 4.71. The van der Waals surface area contributed by atoms with Crippen molar-refractivity contribution in [2.24, 2.45) is 5.92 Å². The van der Waals surface area contributed by atoms with Crippen molar-refractivity contribution in [1.29, 1.82) is 0 Å². The van der Waals surface area contributed by atoms with Crippen LogP contribution in [0.3, 0.4) is 0 Å². The highest BCUT2D eigenvalue weighted by Crippen LogP contribution is 2.54. The first kappa shape index (κ1) is 19.5. The summed E-state index contributed by atoms with van der Waals surface area (Å²) in [5.74, 6) is 0.895. The molecule has 7 nitrogen and oxygen atoms in total. The average molecular weight is 419 g/mol. The van der Waals surface area contributed by atoms with Gasteiger partial charge in [-0.15, -0.1) is 0 Å². The van der Waals surface area contributed by atoms with Gasteiger partial charge in [-0.2, -0.15) is 5.10 Å². The van der Waals surface area contributed by atoms with Crippen molar-refractivity contribution in [3.63, 3.8) is 0 Å². The first-order valence-electron chi connectivity index (χ1n) is 10.3. The molecule has 0 saturated carbocycles. The molecular formula is C24H25N3O4. The molecule has 2 aliphatic heterocycles. The van der Waals surface area contributed by atoms with Gasteiger partial charge in [-0.05, 0) is 42.8 Å². The molecule has 31 heavy (non-hydrogen) atoms. The predicted molar refractivity (Wildman–Crippen MR) is 117 cm³/mol. The van der Waals surface area contributed by atoms with Crippen LogP contribution in [0.4, 0.5) is 5.69 Å². The Morgan fingerprint density at radius 3 is 2.84 bits per heavy atom. The van der Waals surface area contributed by atoms with E-state index in [1.54, 1.807) is 18.7 Å². The smallest absolute Gasteiger partial charge is 0.339 e. The molecule has 2 aromatic carbocycles. The minimum absolute atomic E-state index is 0.0679. The van der Waals surface area contributed by atoms with Gasteiger partial charge in [0.1, 0.15) is 17.1 Å². The fourth-order valence-corrected chi connectivity index (χ4v) is 4.98. The number of nitrogens with zero attached hydrogens (tertiary/aromatic N) is 2. The Balaban J connectivity index is 1.61. The van der Waals surface area contributed by atoms with Crippen LogP contribution in [0.15, 0.2) is 42.6 Å². The Labute approximate surface area is 180 Å². The van der Waals surface area contributed by atoms with E-state index in [-0.39, 0.29) is 22.9 Å². The number of hydrogen-bond acceptors (Lipinski definition) is 5. The molecule has 2 aliphatic rings. The number of methoxy groups -OCH3 is 1. The maximum atomic E-state index is 11.4. The van der Waals surface area contributed by atoms with Gasteiger partial charge in [-0.1, -0.05) is 19.9 Å². The monoisotopic (exact) mass is 419 g/mol. The van der Waals surface area contributed by atoms with E-state index in [9.17, 15) is 9.90 Å². The SMILES string of the molecule is COc1cccc2c1[C@H]1Nc3ccc(-n4ncc(C(=O)O)c4C)cc3C(C)(C)[C@H]1CO2. The minimum Gasteiger partial charge on any atom is -0.496 e. The lowest BCUT2D eigenvalue weighted by molar-refractivity contribution is 0.0696. The van der Waals surface area contributed by atoms with Crippen molar-refractivity contribution < 1.29 is 19.4 Å². The number of anilines is 1. The third-order valence-corrected chi connectivity index (χ3v) is 6.80. The first-order valence-corrected chi connectivity index (χ1v) is 10.3. The lowest BCUT2D eigenvalue weighted by Gasteiger charge is -2.48. The van der Waals surface area contributed by atoms with Crippen molar-refractivity contribution in [3.05, 3.63) is 65.0 Å². The topological polar surface area (TPSA) is 85.6 Å². The average Bonchev–Trinajstić information content (AvgIpc) is 3.14. The molecule has 0 aliphatic carbocycles. The number of fused-ring (bicyclic) bond motifs is 4. The van der Waals surface area contributed by atoms with Crippen molar-refractivity contribution >= 4 is 11.7 Å². The number of hydrogen-bond donors (Lipinski definition) is 2. The number of carboxylic acids is 1. The maximum Gasteiger partial charge on any atom is 0.339 e. The molecular weight excluding hydrogens is 394 g/mol. The second-order valence-electron chi connectivity index (χ2n) is 8.72. The number of benzene rings is 2. The van der Waals surface area contributed by atoms with E-state index in [2.05, 4.69) is 36.4 Å². The van der Waals surface area contributed by atoms with E-state index >= 15 is 0 Å². The molecule has 0 fully saturated rings. The zero-order valence-corrected chi connectivity index (χ0v) is 18.0. The summed E-state index contributed by atoms with van der Waals surface area (Å²) in [5, 5.41) is 17.4. The van der Waals surface area contributed by atoms with Crippen LogP contribution >= 0.6 is 0 Å². The van der Waals surface area contributed by atoms with Gasteiger partial charge < -0.3 is 19.9 Å². The highest BCUT2D eigenvalue weighted by atomic mass is 16.5. The molecule has 3 aromatic rings. The third-order valence-electron chi connectivity index (χ3n) is 6.80. The van der Waals surface area contributed by atoms with E-state index in [1.165, 1.54) is 6.20 Å². The second-order valence-corrected chi connectivity index (χ2v) is 8.72. The molecule has 0 radical (unpaired) electrons. The fraction of sp³-hybridized carbons (Fsp3) is 0.333. The molecule has 5 rings (SSSR count). The van der Waals surface area contributed by atoms with Gasteiger partial charge in [0.15, 0.2) is 0 Å². The molecule has 0 amide bonds. The number of nitrogens with one attached hydrogen (secondary N) is 1. The Hall–Kier alpha value is -3.48. The molecule has 0 spiro atoms. The molecule has 0 unspecified atom stereocenters. The molecule has 2 N–H and O–H groups in total. The Bertz CT molecular complexity index is 1180. The second kappa shape index (κ2) is 6.77. The molecule has 0 bridgehead atoms. The molecule has 3 heterocycles. The highest BCUT2D eigenvalue weighted by Gasteiger charge is 2.47. The zero-order chi connectivity index (χ0) is 21.9. The normalized spacial score (nSPS) is 20.5. The van der Waals surface area contributed by atoms with Gasteiger partial charge >= 0.3 is 5.97 Å². The van der Waals surface area contributed by atoms with Crippen LogP contribution in [-0.4, -0.2) is 34.6 Å². The Kier molecular flexibility index (Phi) is 4.25. The van der Waals surface area contributed by atoms with Crippen LogP contribution in [0.1, 0.15) is 47.1 Å². The number of carbonyl (C=O) groups is 1. The van der Waals surface area contributed by atoms with E-state index in [1.807, 2.05) is 24.3 Å². The summed E-state index contributed by atoms with van der Waals surface area (Å²) >= 11 is 0. The highest BCUT2D eigenvalue weighted by molar-refractivity contribution is 5.88. The van der Waals surface area contributed by atoms with Gasteiger partial charge in [0.2, 0.25) is 0 Å². The summed E-state index contributed by atoms with van der Waals surface area (Å²) < 4.78 is 13.5. The van der Waals surface area contributed by atoms with Crippen LogP contribution < -0.4 is 14.8 Å². The number of rotatable bonds is 3. The number of aromatic nitrogens is 2. The van der Waals surface area contributed by atoms with Gasteiger partial charge in [-0.3, -0.25) is 0 Å². The number of aromatic carboxylic acids is 1. The van der Waals surface area contributed by atoms with E-state index in [0.717, 1.165) is 34.0 Å². The third kappa shape index (κ3) is 2.80. The van der Waals surface area contributed by atoms with Gasteiger partial charge in [0, 0.05) is 17.0 Å². The molecule has 2 atom stereocenters. The van der Waals surface area contributed by atoms with Gasteiger partial charge in [-0.25, -0.2) is 9.48 Å². The molecule has 0 saturated heterocycles. The van der Waals surface area contributed by atoms with E-state index in [0.29, 0.717) is 12.3 Å². The lowest BCUT2D eigenvalue weighted by Crippen LogP contribution is -2.46.